The Labute approximate surface area is 218 Å². The maximum atomic E-state index is 4.71. The van der Waals surface area contributed by atoms with Crippen LogP contribution >= 0.6 is 0 Å². The summed E-state index contributed by atoms with van der Waals surface area (Å²) in [6.07, 6.45) is 19.8. The van der Waals surface area contributed by atoms with Gasteiger partial charge in [0.15, 0.2) is 0 Å². The minimum Gasteiger partial charge on any atom is -0.353 e. The van der Waals surface area contributed by atoms with E-state index in [1.165, 1.54) is 54.6 Å². The normalized spacial score (nSPS) is 17.2. The molecule has 0 saturated carbocycles. The Kier molecular flexibility index (Phi) is 6.46. The van der Waals surface area contributed by atoms with Gasteiger partial charge in [-0.1, -0.05) is 55.5 Å². The molecular weight excluding hydrogens is 454 g/mol. The van der Waals surface area contributed by atoms with Crippen LogP contribution < -0.4 is 0 Å². The molecule has 0 amide bonds. The Morgan fingerprint density at radius 3 is 2.70 bits per heavy atom. The molecule has 2 N–H and O–H groups in total. The van der Waals surface area contributed by atoms with Crippen LogP contribution in [0.2, 0.25) is 0 Å². The number of piperidine rings is 1. The van der Waals surface area contributed by atoms with Gasteiger partial charge in [0.05, 0.1) is 16.9 Å². The molecule has 6 rings (SSSR count). The van der Waals surface area contributed by atoms with Crippen molar-refractivity contribution in [1.82, 2.24) is 25.1 Å². The molecule has 1 aliphatic carbocycles. The van der Waals surface area contributed by atoms with Gasteiger partial charge in [-0.3, -0.25) is 15.0 Å². The van der Waals surface area contributed by atoms with Gasteiger partial charge in [0, 0.05) is 29.0 Å². The number of nitrogens with zero attached hydrogens (tertiary/aromatic N) is 3. The van der Waals surface area contributed by atoms with Crippen LogP contribution in [0.1, 0.15) is 43.9 Å². The van der Waals surface area contributed by atoms with Crippen LogP contribution in [0, 0.1) is 0 Å². The van der Waals surface area contributed by atoms with Crippen molar-refractivity contribution in [2.24, 2.45) is 0 Å². The predicted molar refractivity (Wildman–Crippen MR) is 155 cm³/mol. The molecule has 0 atom stereocenters. The summed E-state index contributed by atoms with van der Waals surface area (Å²) in [5.41, 5.74) is 9.83. The fourth-order valence-electron chi connectivity index (χ4n) is 5.52. The smallest absolute Gasteiger partial charge is 0.116 e. The number of benzene rings is 1. The summed E-state index contributed by atoms with van der Waals surface area (Å²) >= 11 is 0. The zero-order valence-corrected chi connectivity index (χ0v) is 21.4. The lowest BCUT2D eigenvalue weighted by Crippen LogP contribution is -2.31. The molecule has 0 bridgehead atoms. The van der Waals surface area contributed by atoms with E-state index in [0.29, 0.717) is 0 Å². The number of aromatic amines is 2. The zero-order valence-electron chi connectivity index (χ0n) is 21.4. The van der Waals surface area contributed by atoms with Gasteiger partial charge in [0.2, 0.25) is 0 Å². The van der Waals surface area contributed by atoms with Crippen LogP contribution in [0.3, 0.4) is 0 Å². The molecular formula is C32H33N5. The lowest BCUT2D eigenvalue weighted by molar-refractivity contribution is 0.248. The molecule has 5 nitrogen and oxygen atoms in total. The van der Waals surface area contributed by atoms with Crippen LogP contribution in [-0.4, -0.2) is 44.7 Å². The lowest BCUT2D eigenvalue weighted by atomic mass is 9.99. The highest BCUT2D eigenvalue weighted by Gasteiger charge is 2.16. The quantitative estimate of drug-likeness (QED) is 0.266. The van der Waals surface area contributed by atoms with E-state index >= 15 is 0 Å². The number of pyridine rings is 1. The summed E-state index contributed by atoms with van der Waals surface area (Å²) < 4.78 is 0. The van der Waals surface area contributed by atoms with Crippen molar-refractivity contribution in [2.45, 2.75) is 32.6 Å². The number of allylic oxidation sites excluding steroid dienone is 7. The molecule has 4 heterocycles. The summed E-state index contributed by atoms with van der Waals surface area (Å²) in [5, 5.41) is 10.1. The highest BCUT2D eigenvalue weighted by molar-refractivity contribution is 6.00. The van der Waals surface area contributed by atoms with Gasteiger partial charge >= 0.3 is 0 Å². The minimum atomic E-state index is 0.923. The second kappa shape index (κ2) is 10.2. The van der Waals surface area contributed by atoms with Crippen LogP contribution in [0.15, 0.2) is 85.1 Å². The van der Waals surface area contributed by atoms with Crippen molar-refractivity contribution in [2.75, 3.05) is 19.6 Å². The molecule has 186 valence electrons. The van der Waals surface area contributed by atoms with Crippen molar-refractivity contribution in [3.8, 4) is 11.4 Å². The number of aromatic nitrogens is 4. The van der Waals surface area contributed by atoms with E-state index in [0.717, 1.165) is 51.9 Å². The first-order valence-electron chi connectivity index (χ1n) is 13.3. The van der Waals surface area contributed by atoms with Crippen LogP contribution in [0.25, 0.3) is 44.3 Å². The second-order valence-corrected chi connectivity index (χ2v) is 9.94. The Bertz CT molecular complexity index is 1580. The molecule has 0 radical (unpaired) electrons. The second-order valence-electron chi connectivity index (χ2n) is 9.94. The fourth-order valence-corrected chi connectivity index (χ4v) is 5.52. The largest absolute Gasteiger partial charge is 0.353 e. The number of hydrogen-bond donors (Lipinski definition) is 2. The Morgan fingerprint density at radius 1 is 1.05 bits per heavy atom. The molecule has 4 aromatic rings. The molecule has 0 unspecified atom stereocenters. The molecule has 5 heteroatoms. The van der Waals surface area contributed by atoms with E-state index in [1.54, 1.807) is 0 Å². The molecule has 3 aromatic heterocycles. The third-order valence-corrected chi connectivity index (χ3v) is 7.51. The summed E-state index contributed by atoms with van der Waals surface area (Å²) in [4.78, 5) is 10.8. The maximum absolute atomic E-state index is 4.71. The minimum absolute atomic E-state index is 0.923. The number of nitrogens with one attached hydrogen (secondary N) is 2. The number of fused-ring (bicyclic) bond motifs is 2. The molecule has 2 aliphatic rings. The molecule has 37 heavy (non-hydrogen) atoms. The molecule has 1 aromatic carbocycles. The van der Waals surface area contributed by atoms with Gasteiger partial charge in [-0.05, 0) is 85.8 Å². The number of likely N-dealkylation sites (tertiary alicyclic amines) is 1. The fraction of sp³-hybridized carbons (Fsp3) is 0.250. The first-order valence-corrected chi connectivity index (χ1v) is 13.3. The summed E-state index contributed by atoms with van der Waals surface area (Å²) in [6, 6.07) is 10.8. The monoisotopic (exact) mass is 487 g/mol. The van der Waals surface area contributed by atoms with Crippen molar-refractivity contribution in [3.05, 3.63) is 96.4 Å². The van der Waals surface area contributed by atoms with Crippen molar-refractivity contribution >= 4 is 33.0 Å². The maximum Gasteiger partial charge on any atom is 0.116 e. The SMILES string of the molecule is C=C/C(=C\C(=C/C)c1ccc2[nH]nc(-c3cc4c(C5=CCC=C5)nccc4[nH]3)c2c1)CN1CCCCC1. The highest BCUT2D eigenvalue weighted by Crippen LogP contribution is 2.34. The van der Waals surface area contributed by atoms with Crippen LogP contribution in [-0.2, 0) is 0 Å². The van der Waals surface area contributed by atoms with E-state index in [4.69, 9.17) is 5.10 Å². The van der Waals surface area contributed by atoms with E-state index < -0.39 is 0 Å². The predicted octanol–water partition coefficient (Wildman–Crippen LogP) is 7.45. The first-order chi connectivity index (χ1) is 18.2. The molecule has 0 spiro atoms. The Balaban J connectivity index is 1.36. The first kappa shape index (κ1) is 23.4. The summed E-state index contributed by atoms with van der Waals surface area (Å²) in [6.45, 7) is 9.52. The average Bonchev–Trinajstić information content (AvgIpc) is 3.70. The Hall–Kier alpha value is -3.96. The number of rotatable bonds is 7. The van der Waals surface area contributed by atoms with E-state index in [9.17, 15) is 0 Å². The van der Waals surface area contributed by atoms with Gasteiger partial charge < -0.3 is 4.98 Å². The van der Waals surface area contributed by atoms with Gasteiger partial charge in [-0.25, -0.2) is 0 Å². The van der Waals surface area contributed by atoms with E-state index in [1.807, 2.05) is 18.3 Å². The van der Waals surface area contributed by atoms with Gasteiger partial charge in [0.1, 0.15) is 5.69 Å². The number of hydrogen-bond acceptors (Lipinski definition) is 3. The molecule has 1 aliphatic heterocycles. The highest BCUT2D eigenvalue weighted by atomic mass is 15.1. The number of H-pyrrole nitrogens is 2. The average molecular weight is 488 g/mol. The standard InChI is InChI=1S/C32H33N5/c1-3-22(21-37-16-8-5-9-17-37)18-23(4-2)25-12-13-29-26(19-25)32(36-35-29)30-20-27-28(34-30)14-15-33-31(27)24-10-6-7-11-24/h3-4,6,10-15,18-20,34H,1,5,7-9,16-17,21H2,2H3,(H,35,36)/b22-18+,23-4+. The van der Waals surface area contributed by atoms with Gasteiger partial charge in [-0.2, -0.15) is 5.10 Å². The van der Waals surface area contributed by atoms with Crippen LogP contribution in [0.5, 0.6) is 0 Å². The van der Waals surface area contributed by atoms with Crippen LogP contribution in [0.4, 0.5) is 0 Å². The van der Waals surface area contributed by atoms with Crippen molar-refractivity contribution < 1.29 is 0 Å². The topological polar surface area (TPSA) is 60.6 Å². The summed E-state index contributed by atoms with van der Waals surface area (Å²) in [5.74, 6) is 0. The van der Waals surface area contributed by atoms with E-state index in [-0.39, 0.29) is 0 Å². The third kappa shape index (κ3) is 4.63. The molecule has 1 saturated heterocycles. The van der Waals surface area contributed by atoms with Gasteiger partial charge in [-0.15, -0.1) is 0 Å². The van der Waals surface area contributed by atoms with Crippen molar-refractivity contribution in [3.63, 3.8) is 0 Å². The van der Waals surface area contributed by atoms with E-state index in [2.05, 4.69) is 88.1 Å². The zero-order chi connectivity index (χ0) is 25.2. The molecule has 1 fully saturated rings. The van der Waals surface area contributed by atoms with Crippen molar-refractivity contribution in [1.29, 1.82) is 0 Å². The third-order valence-electron chi connectivity index (χ3n) is 7.51. The Morgan fingerprint density at radius 2 is 1.92 bits per heavy atom. The lowest BCUT2D eigenvalue weighted by Gasteiger charge is -2.26. The summed E-state index contributed by atoms with van der Waals surface area (Å²) in [7, 11) is 0. The van der Waals surface area contributed by atoms with Gasteiger partial charge in [0.25, 0.3) is 0 Å².